The van der Waals surface area contributed by atoms with Gasteiger partial charge in [-0.1, -0.05) is 0 Å². The maximum Gasteiger partial charge on any atom is 0.410 e. The first-order chi connectivity index (χ1) is 19.6. The third-order valence-electron chi connectivity index (χ3n) is 7.41. The molecule has 1 N–H and O–H groups in total. The van der Waals surface area contributed by atoms with Gasteiger partial charge >= 0.3 is 12.1 Å². The molecule has 0 aromatic carbocycles. The Hall–Kier alpha value is -2.69. The van der Waals surface area contributed by atoms with Gasteiger partial charge in [-0.2, -0.15) is 0 Å². The SMILES string of the molecule is CC(C)(C)OC(=O)CC(NC(=O)C1CCCN(C(=O)CCC2CCN(C(=O)OC(C)(C)C)CC2)C1)c1cncc(Br)c1. The van der Waals surface area contributed by atoms with Crippen molar-refractivity contribution < 1.29 is 28.7 Å². The molecule has 2 fully saturated rings. The van der Waals surface area contributed by atoms with Crippen LogP contribution < -0.4 is 5.32 Å². The molecule has 2 aliphatic heterocycles. The number of nitrogens with zero attached hydrogens (tertiary/aromatic N) is 3. The minimum Gasteiger partial charge on any atom is -0.460 e. The van der Waals surface area contributed by atoms with E-state index in [0.29, 0.717) is 50.5 Å². The molecule has 2 saturated heterocycles. The molecule has 0 saturated carbocycles. The van der Waals surface area contributed by atoms with Crippen molar-refractivity contribution >= 4 is 39.8 Å². The molecule has 11 heteroatoms. The zero-order valence-electron chi connectivity index (χ0n) is 25.9. The smallest absolute Gasteiger partial charge is 0.410 e. The van der Waals surface area contributed by atoms with Gasteiger partial charge in [-0.05, 0) is 107 Å². The lowest BCUT2D eigenvalue weighted by Crippen LogP contribution is -2.46. The van der Waals surface area contributed by atoms with Gasteiger partial charge in [0.2, 0.25) is 11.8 Å². The van der Waals surface area contributed by atoms with Crippen LogP contribution in [0.2, 0.25) is 0 Å². The minimum absolute atomic E-state index is 0.0246. The largest absolute Gasteiger partial charge is 0.460 e. The van der Waals surface area contributed by atoms with Crippen molar-refractivity contribution in [3.8, 4) is 0 Å². The number of hydrogen-bond acceptors (Lipinski definition) is 7. The van der Waals surface area contributed by atoms with Crippen LogP contribution in [0, 0.1) is 11.8 Å². The van der Waals surface area contributed by atoms with Crippen LogP contribution in [0.4, 0.5) is 4.79 Å². The number of aromatic nitrogens is 1. The quantitative estimate of drug-likeness (QED) is 0.374. The van der Waals surface area contributed by atoms with Gasteiger partial charge in [-0.3, -0.25) is 19.4 Å². The van der Waals surface area contributed by atoms with Gasteiger partial charge in [-0.15, -0.1) is 0 Å². The highest BCUT2D eigenvalue weighted by atomic mass is 79.9. The second-order valence-electron chi connectivity index (χ2n) is 13.4. The van der Waals surface area contributed by atoms with Gasteiger partial charge in [0.1, 0.15) is 11.2 Å². The number of ether oxygens (including phenoxy) is 2. The molecular weight excluding hydrogens is 604 g/mol. The second-order valence-corrected chi connectivity index (χ2v) is 14.3. The number of pyridine rings is 1. The highest BCUT2D eigenvalue weighted by Crippen LogP contribution is 2.27. The van der Waals surface area contributed by atoms with Crippen LogP contribution in [0.1, 0.15) is 98.1 Å². The maximum absolute atomic E-state index is 13.4. The summed E-state index contributed by atoms with van der Waals surface area (Å²) in [6.45, 7) is 13.3. The van der Waals surface area contributed by atoms with Crippen LogP contribution in [0.25, 0.3) is 0 Å². The van der Waals surface area contributed by atoms with Gasteiger partial charge in [0.05, 0.1) is 18.4 Å². The fourth-order valence-corrected chi connectivity index (χ4v) is 5.73. The molecule has 0 bridgehead atoms. The van der Waals surface area contributed by atoms with E-state index in [9.17, 15) is 19.2 Å². The van der Waals surface area contributed by atoms with E-state index in [1.807, 2.05) is 26.8 Å². The lowest BCUT2D eigenvalue weighted by Gasteiger charge is -2.35. The molecule has 1 aromatic rings. The Kier molecular flexibility index (Phi) is 11.8. The molecule has 0 radical (unpaired) electrons. The lowest BCUT2D eigenvalue weighted by molar-refractivity contribution is -0.155. The summed E-state index contributed by atoms with van der Waals surface area (Å²) in [6.07, 6.45) is 7.28. The van der Waals surface area contributed by atoms with Crippen LogP contribution in [-0.2, 0) is 23.9 Å². The van der Waals surface area contributed by atoms with Crippen molar-refractivity contribution in [2.24, 2.45) is 11.8 Å². The van der Waals surface area contributed by atoms with Crippen molar-refractivity contribution in [3.63, 3.8) is 0 Å². The topological polar surface area (TPSA) is 118 Å². The average molecular weight is 652 g/mol. The number of amides is 3. The molecule has 0 aliphatic carbocycles. The number of carbonyl (C=O) groups excluding carboxylic acids is 4. The fourth-order valence-electron chi connectivity index (χ4n) is 5.34. The number of piperidine rings is 2. The van der Waals surface area contributed by atoms with E-state index in [1.54, 1.807) is 43.0 Å². The van der Waals surface area contributed by atoms with E-state index in [1.165, 1.54) is 0 Å². The number of halogens is 1. The molecule has 0 spiro atoms. The van der Waals surface area contributed by atoms with Crippen LogP contribution in [0.5, 0.6) is 0 Å². The number of esters is 1. The summed E-state index contributed by atoms with van der Waals surface area (Å²) in [5.74, 6) is -0.519. The molecule has 1 aromatic heterocycles. The Bertz CT molecular complexity index is 1110. The Morgan fingerprint density at radius 2 is 1.64 bits per heavy atom. The molecule has 10 nitrogen and oxygen atoms in total. The van der Waals surface area contributed by atoms with Gasteiger partial charge < -0.3 is 24.6 Å². The van der Waals surface area contributed by atoms with E-state index in [-0.39, 0.29) is 30.2 Å². The van der Waals surface area contributed by atoms with Crippen molar-refractivity contribution in [1.29, 1.82) is 0 Å². The summed E-state index contributed by atoms with van der Waals surface area (Å²) in [7, 11) is 0. The summed E-state index contributed by atoms with van der Waals surface area (Å²) in [6, 6.07) is 1.23. The summed E-state index contributed by atoms with van der Waals surface area (Å²) in [4.78, 5) is 59.3. The third kappa shape index (κ3) is 11.2. The highest BCUT2D eigenvalue weighted by molar-refractivity contribution is 9.10. The number of rotatable bonds is 8. The molecule has 42 heavy (non-hydrogen) atoms. The summed E-state index contributed by atoms with van der Waals surface area (Å²) < 4.78 is 11.7. The zero-order valence-corrected chi connectivity index (χ0v) is 27.5. The third-order valence-corrected chi connectivity index (χ3v) is 7.85. The van der Waals surface area contributed by atoms with Crippen LogP contribution in [0.15, 0.2) is 22.9 Å². The molecule has 3 amide bonds. The first-order valence-electron chi connectivity index (χ1n) is 15.0. The number of nitrogens with one attached hydrogen (secondary N) is 1. The summed E-state index contributed by atoms with van der Waals surface area (Å²) in [5, 5.41) is 3.04. The van der Waals surface area contributed by atoms with Crippen molar-refractivity contribution in [2.75, 3.05) is 26.2 Å². The van der Waals surface area contributed by atoms with Gasteiger partial charge in [0.25, 0.3) is 0 Å². The van der Waals surface area contributed by atoms with Gasteiger partial charge in [0, 0.05) is 49.5 Å². The van der Waals surface area contributed by atoms with Gasteiger partial charge in [-0.25, -0.2) is 4.79 Å². The molecule has 3 heterocycles. The molecular formula is C31H47BrN4O6. The van der Waals surface area contributed by atoms with E-state index in [4.69, 9.17) is 9.47 Å². The van der Waals surface area contributed by atoms with E-state index >= 15 is 0 Å². The van der Waals surface area contributed by atoms with Gasteiger partial charge in [0.15, 0.2) is 0 Å². The Labute approximate surface area is 258 Å². The predicted octanol–water partition coefficient (Wildman–Crippen LogP) is 5.40. The molecule has 2 atom stereocenters. The Balaban J connectivity index is 1.51. The van der Waals surface area contributed by atoms with Crippen molar-refractivity contribution in [3.05, 3.63) is 28.5 Å². The van der Waals surface area contributed by atoms with E-state index in [0.717, 1.165) is 30.2 Å². The van der Waals surface area contributed by atoms with E-state index in [2.05, 4.69) is 26.2 Å². The minimum atomic E-state index is -0.638. The predicted molar refractivity (Wildman–Crippen MR) is 162 cm³/mol. The summed E-state index contributed by atoms with van der Waals surface area (Å²) >= 11 is 3.42. The normalized spacial score (nSPS) is 19.2. The molecule has 2 aliphatic rings. The molecule has 3 rings (SSSR count). The first-order valence-corrected chi connectivity index (χ1v) is 15.8. The second kappa shape index (κ2) is 14.7. The standard InChI is InChI=1S/C31H47BrN4O6/c1-30(2,3)41-27(38)17-25(23-16-24(32)19-33-18-23)34-28(39)22-8-7-13-36(20-22)26(37)10-9-21-11-14-35(15-12-21)29(40)42-31(4,5)6/h16,18-19,21-22,25H,7-15,17,20H2,1-6H3,(H,34,39). The Morgan fingerprint density at radius 1 is 0.976 bits per heavy atom. The Morgan fingerprint density at radius 3 is 2.26 bits per heavy atom. The number of carbonyl (C=O) groups is 4. The first kappa shape index (κ1) is 33.8. The maximum atomic E-state index is 13.4. The molecule has 234 valence electrons. The van der Waals surface area contributed by atoms with Crippen molar-refractivity contribution in [2.45, 2.75) is 104 Å². The molecule has 2 unspecified atom stereocenters. The van der Waals surface area contributed by atoms with Crippen molar-refractivity contribution in [1.82, 2.24) is 20.1 Å². The number of likely N-dealkylation sites (tertiary alicyclic amines) is 2. The monoisotopic (exact) mass is 650 g/mol. The van der Waals surface area contributed by atoms with Crippen LogP contribution in [-0.4, -0.2) is 76.0 Å². The average Bonchev–Trinajstić information content (AvgIpc) is 2.89. The summed E-state index contributed by atoms with van der Waals surface area (Å²) in [5.41, 5.74) is -0.455. The fraction of sp³-hybridized carbons (Fsp3) is 0.710. The van der Waals surface area contributed by atoms with Crippen LogP contribution >= 0.6 is 15.9 Å². The van der Waals surface area contributed by atoms with Crippen LogP contribution in [0.3, 0.4) is 0 Å². The highest BCUT2D eigenvalue weighted by Gasteiger charge is 2.32. The van der Waals surface area contributed by atoms with E-state index < -0.39 is 23.2 Å². The lowest BCUT2D eigenvalue weighted by atomic mass is 9.91. The zero-order chi connectivity index (χ0) is 31.1. The number of hydrogen-bond donors (Lipinski definition) is 1.